The van der Waals surface area contributed by atoms with Gasteiger partial charge < -0.3 is 15.1 Å². The zero-order valence-electron chi connectivity index (χ0n) is 16.3. The Kier molecular flexibility index (Phi) is 5.24. The third kappa shape index (κ3) is 4.32. The van der Waals surface area contributed by atoms with Gasteiger partial charge >= 0.3 is 6.18 Å². The van der Waals surface area contributed by atoms with Crippen LogP contribution in [0, 0.1) is 6.92 Å². The van der Waals surface area contributed by atoms with Gasteiger partial charge in [0.05, 0.1) is 12.1 Å². The highest BCUT2D eigenvalue weighted by molar-refractivity contribution is 5.92. The summed E-state index contributed by atoms with van der Waals surface area (Å²) >= 11 is 0. The highest BCUT2D eigenvalue weighted by Gasteiger charge is 2.30. The summed E-state index contributed by atoms with van der Waals surface area (Å²) < 4.78 is 44.5. The number of rotatable bonds is 4. The van der Waals surface area contributed by atoms with Crippen LogP contribution in [0.4, 0.5) is 24.5 Å². The number of amides is 1. The molecule has 1 aromatic heterocycles. The number of alkyl halides is 3. The van der Waals surface area contributed by atoms with E-state index in [2.05, 4.69) is 15.6 Å². The molecule has 0 radical (unpaired) electrons. The number of benzene rings is 2. The van der Waals surface area contributed by atoms with Gasteiger partial charge in [0.2, 0.25) is 11.8 Å². The summed E-state index contributed by atoms with van der Waals surface area (Å²) in [6, 6.07) is 10.6. The lowest BCUT2D eigenvalue weighted by atomic mass is 10.1. The molecule has 4 rings (SSSR count). The van der Waals surface area contributed by atoms with E-state index in [1.54, 1.807) is 13.0 Å². The average molecular weight is 415 g/mol. The number of nitrogens with zero attached hydrogens (tertiary/aromatic N) is 1. The van der Waals surface area contributed by atoms with Crippen molar-refractivity contribution in [1.82, 2.24) is 4.98 Å². The van der Waals surface area contributed by atoms with Crippen LogP contribution in [0.3, 0.4) is 0 Å². The Morgan fingerprint density at radius 3 is 2.80 bits per heavy atom. The number of carbonyl (C=O) groups is 1. The van der Waals surface area contributed by atoms with Crippen LogP contribution >= 0.6 is 0 Å². The molecule has 3 aromatic rings. The number of carbonyl (C=O) groups excluding carboxylic acids is 1. The van der Waals surface area contributed by atoms with Crippen molar-refractivity contribution in [2.24, 2.45) is 0 Å². The molecule has 2 N–H and O–H groups in total. The summed E-state index contributed by atoms with van der Waals surface area (Å²) in [5.74, 6) is 0.715. The molecule has 0 saturated heterocycles. The Hall–Kier alpha value is -3.29. The minimum Gasteiger partial charge on any atom is -0.441 e. The van der Waals surface area contributed by atoms with Crippen LogP contribution in [-0.4, -0.2) is 10.9 Å². The first kappa shape index (κ1) is 20.0. The molecule has 0 unspecified atom stereocenters. The lowest BCUT2D eigenvalue weighted by Crippen LogP contribution is -2.09. The maximum absolute atomic E-state index is 13.0. The molecular formula is C22H20F3N3O2. The van der Waals surface area contributed by atoms with Gasteiger partial charge in [-0.15, -0.1) is 0 Å². The van der Waals surface area contributed by atoms with Crippen molar-refractivity contribution in [3.05, 3.63) is 65.0 Å². The minimum absolute atomic E-state index is 0.0230. The third-order valence-corrected chi connectivity index (χ3v) is 5.02. The molecule has 8 heteroatoms. The smallest absolute Gasteiger partial charge is 0.416 e. The van der Waals surface area contributed by atoms with Crippen molar-refractivity contribution in [3.63, 3.8) is 0 Å². The van der Waals surface area contributed by atoms with Gasteiger partial charge in [-0.25, -0.2) is 4.98 Å². The summed E-state index contributed by atoms with van der Waals surface area (Å²) in [5.41, 5.74) is 2.91. The fraction of sp³-hybridized carbons (Fsp3) is 0.273. The number of aromatic nitrogens is 1. The lowest BCUT2D eigenvalue weighted by molar-refractivity contribution is -0.137. The molecule has 30 heavy (non-hydrogen) atoms. The molecular weight excluding hydrogens is 395 g/mol. The monoisotopic (exact) mass is 415 g/mol. The van der Waals surface area contributed by atoms with Gasteiger partial charge in [-0.1, -0.05) is 6.07 Å². The van der Waals surface area contributed by atoms with E-state index in [9.17, 15) is 18.0 Å². The van der Waals surface area contributed by atoms with Crippen molar-refractivity contribution < 1.29 is 22.4 Å². The number of fused-ring (bicyclic) bond motifs is 1. The Morgan fingerprint density at radius 1 is 1.17 bits per heavy atom. The Labute approximate surface area is 171 Å². The normalized spacial score (nSPS) is 14.1. The fourth-order valence-electron chi connectivity index (χ4n) is 3.41. The summed E-state index contributed by atoms with van der Waals surface area (Å²) in [6.07, 6.45) is -2.31. The van der Waals surface area contributed by atoms with E-state index in [1.165, 1.54) is 6.07 Å². The molecule has 1 aliphatic rings. The van der Waals surface area contributed by atoms with Crippen LogP contribution < -0.4 is 10.6 Å². The molecule has 5 nitrogen and oxygen atoms in total. The predicted octanol–water partition coefficient (Wildman–Crippen LogP) is 5.56. The molecule has 0 spiro atoms. The SMILES string of the molecule is Cc1oc(-c2cccc(C(F)(F)F)c2)nc1CNc1ccc2c(c1)CCCC(=O)N2. The summed E-state index contributed by atoms with van der Waals surface area (Å²) in [6.45, 7) is 2.09. The van der Waals surface area contributed by atoms with Crippen molar-refractivity contribution in [3.8, 4) is 11.5 Å². The molecule has 0 fully saturated rings. The van der Waals surface area contributed by atoms with E-state index in [0.29, 0.717) is 24.4 Å². The van der Waals surface area contributed by atoms with Crippen LogP contribution in [0.1, 0.15) is 35.4 Å². The number of halogens is 3. The second-order valence-electron chi connectivity index (χ2n) is 7.23. The molecule has 1 aliphatic heterocycles. The fourth-order valence-corrected chi connectivity index (χ4v) is 3.41. The van der Waals surface area contributed by atoms with Crippen LogP contribution in [0.2, 0.25) is 0 Å². The maximum Gasteiger partial charge on any atom is 0.416 e. The Balaban J connectivity index is 1.50. The molecule has 156 valence electrons. The zero-order chi connectivity index (χ0) is 21.3. The van der Waals surface area contributed by atoms with E-state index >= 15 is 0 Å². The van der Waals surface area contributed by atoms with Gasteiger partial charge in [0.25, 0.3) is 0 Å². The molecule has 0 atom stereocenters. The minimum atomic E-state index is -4.42. The second-order valence-corrected chi connectivity index (χ2v) is 7.23. The van der Waals surface area contributed by atoms with Crippen LogP contribution in [0.15, 0.2) is 46.9 Å². The molecule has 1 amide bonds. The second kappa shape index (κ2) is 7.85. The molecule has 0 saturated carbocycles. The van der Waals surface area contributed by atoms with Gasteiger partial charge in [0, 0.05) is 23.4 Å². The summed E-state index contributed by atoms with van der Waals surface area (Å²) in [5, 5.41) is 6.16. The number of hydrogen-bond acceptors (Lipinski definition) is 4. The molecule has 0 aliphatic carbocycles. The van der Waals surface area contributed by atoms with E-state index < -0.39 is 11.7 Å². The van der Waals surface area contributed by atoms with E-state index in [4.69, 9.17) is 4.42 Å². The quantitative estimate of drug-likeness (QED) is 0.586. The number of hydrogen-bond donors (Lipinski definition) is 2. The first-order valence-corrected chi connectivity index (χ1v) is 9.60. The Morgan fingerprint density at radius 2 is 2.00 bits per heavy atom. The van der Waals surface area contributed by atoms with Crippen molar-refractivity contribution >= 4 is 17.3 Å². The maximum atomic E-state index is 13.0. The van der Waals surface area contributed by atoms with Gasteiger partial charge in [-0.3, -0.25) is 4.79 Å². The highest BCUT2D eigenvalue weighted by Crippen LogP contribution is 2.32. The summed E-state index contributed by atoms with van der Waals surface area (Å²) in [4.78, 5) is 16.0. The van der Waals surface area contributed by atoms with Crippen LogP contribution in [0.25, 0.3) is 11.5 Å². The number of nitrogens with one attached hydrogen (secondary N) is 2. The first-order valence-electron chi connectivity index (χ1n) is 9.60. The zero-order valence-corrected chi connectivity index (χ0v) is 16.3. The Bertz CT molecular complexity index is 1090. The predicted molar refractivity (Wildman–Crippen MR) is 107 cm³/mol. The third-order valence-electron chi connectivity index (χ3n) is 5.02. The number of oxazole rings is 1. The van der Waals surface area contributed by atoms with Gasteiger partial charge in [-0.2, -0.15) is 13.2 Å². The average Bonchev–Trinajstić information content (AvgIpc) is 2.97. The van der Waals surface area contributed by atoms with Crippen molar-refractivity contribution in [2.45, 2.75) is 38.9 Å². The van der Waals surface area contributed by atoms with Crippen molar-refractivity contribution in [1.29, 1.82) is 0 Å². The molecule has 0 bridgehead atoms. The standard InChI is InChI=1S/C22H20F3N3O2/c1-13-19(28-21(30-13)15-5-2-6-16(10-15)22(23,24)25)12-26-17-8-9-18-14(11-17)4-3-7-20(29)27-18/h2,5-6,8-11,26H,3-4,7,12H2,1H3,(H,27,29). The molecule has 2 aromatic carbocycles. The lowest BCUT2D eigenvalue weighted by Gasteiger charge is -2.10. The van der Waals surface area contributed by atoms with E-state index in [0.717, 1.165) is 41.9 Å². The van der Waals surface area contributed by atoms with Crippen molar-refractivity contribution in [2.75, 3.05) is 10.6 Å². The summed E-state index contributed by atoms with van der Waals surface area (Å²) in [7, 11) is 0. The number of anilines is 2. The highest BCUT2D eigenvalue weighted by atomic mass is 19.4. The van der Waals surface area contributed by atoms with E-state index in [-0.39, 0.29) is 17.4 Å². The van der Waals surface area contributed by atoms with E-state index in [1.807, 2.05) is 18.2 Å². The van der Waals surface area contributed by atoms with Crippen LogP contribution in [-0.2, 0) is 23.9 Å². The van der Waals surface area contributed by atoms with Gasteiger partial charge in [-0.05, 0) is 61.7 Å². The molecule has 2 heterocycles. The number of aryl methyl sites for hydroxylation is 2. The van der Waals surface area contributed by atoms with Gasteiger partial charge in [0.15, 0.2) is 0 Å². The van der Waals surface area contributed by atoms with Crippen LogP contribution in [0.5, 0.6) is 0 Å². The largest absolute Gasteiger partial charge is 0.441 e. The topological polar surface area (TPSA) is 67.2 Å². The first-order chi connectivity index (χ1) is 14.3. The van der Waals surface area contributed by atoms with Gasteiger partial charge in [0.1, 0.15) is 11.5 Å².